The lowest BCUT2D eigenvalue weighted by atomic mass is 10.1. The van der Waals surface area contributed by atoms with Gasteiger partial charge in [-0.05, 0) is 24.1 Å². The minimum absolute atomic E-state index is 0.239. The van der Waals surface area contributed by atoms with Crippen LogP contribution in [0.3, 0.4) is 0 Å². The molecule has 20 heavy (non-hydrogen) atoms. The van der Waals surface area contributed by atoms with Gasteiger partial charge in [0.25, 0.3) is 5.91 Å². The lowest BCUT2D eigenvalue weighted by Gasteiger charge is -2.13. The molecule has 0 radical (unpaired) electrons. The van der Waals surface area contributed by atoms with Crippen molar-refractivity contribution in [1.29, 1.82) is 0 Å². The Bertz CT molecular complexity index is 676. The van der Waals surface area contributed by atoms with Crippen LogP contribution in [0.1, 0.15) is 15.9 Å². The Hall–Kier alpha value is -2.50. The van der Waals surface area contributed by atoms with Crippen LogP contribution in [0.2, 0.25) is 0 Å². The van der Waals surface area contributed by atoms with Crippen molar-refractivity contribution in [3.63, 3.8) is 0 Å². The standard InChI is InChI=1S/C14H17N5O/c1-18-6-5-9-3-4-10(7-12(9)18)16-14(20)11-8-19(2)17-13(11)15/h3-4,7-8H,5-6H2,1-2H3,(H2,15,17)(H,16,20). The highest BCUT2D eigenvalue weighted by atomic mass is 16.1. The van der Waals surface area contributed by atoms with E-state index in [0.29, 0.717) is 5.56 Å². The molecule has 1 aromatic heterocycles. The highest BCUT2D eigenvalue weighted by molar-refractivity contribution is 6.07. The molecule has 0 spiro atoms. The maximum absolute atomic E-state index is 12.2. The number of nitrogen functional groups attached to an aromatic ring is 1. The number of amides is 1. The smallest absolute Gasteiger partial charge is 0.261 e. The van der Waals surface area contributed by atoms with Crippen LogP contribution in [0.15, 0.2) is 24.4 Å². The molecule has 0 saturated heterocycles. The Morgan fingerprint density at radius 2 is 2.20 bits per heavy atom. The Morgan fingerprint density at radius 1 is 1.40 bits per heavy atom. The van der Waals surface area contributed by atoms with Crippen molar-refractivity contribution in [2.24, 2.45) is 7.05 Å². The predicted octanol–water partition coefficient (Wildman–Crippen LogP) is 1.25. The van der Waals surface area contributed by atoms with Crippen LogP contribution in [-0.2, 0) is 13.5 Å². The molecule has 0 fully saturated rings. The zero-order chi connectivity index (χ0) is 14.3. The molecule has 1 amide bonds. The number of aromatic nitrogens is 2. The Labute approximate surface area is 117 Å². The number of anilines is 3. The van der Waals surface area contributed by atoms with E-state index in [9.17, 15) is 4.79 Å². The third-order valence-electron chi connectivity index (χ3n) is 3.57. The minimum atomic E-state index is -0.240. The molecule has 0 bridgehead atoms. The highest BCUT2D eigenvalue weighted by Crippen LogP contribution is 2.29. The largest absolute Gasteiger partial charge is 0.382 e. The van der Waals surface area contributed by atoms with Crippen molar-refractivity contribution in [2.45, 2.75) is 6.42 Å². The van der Waals surface area contributed by atoms with E-state index in [-0.39, 0.29) is 11.7 Å². The predicted molar refractivity (Wildman–Crippen MR) is 79.0 cm³/mol. The van der Waals surface area contributed by atoms with Gasteiger partial charge in [-0.2, -0.15) is 5.10 Å². The van der Waals surface area contributed by atoms with Crippen molar-refractivity contribution in [3.8, 4) is 0 Å². The van der Waals surface area contributed by atoms with E-state index in [0.717, 1.165) is 18.7 Å². The quantitative estimate of drug-likeness (QED) is 0.862. The summed E-state index contributed by atoms with van der Waals surface area (Å²) in [7, 11) is 3.79. The van der Waals surface area contributed by atoms with Crippen molar-refractivity contribution in [3.05, 3.63) is 35.5 Å². The second kappa shape index (κ2) is 4.56. The van der Waals surface area contributed by atoms with Gasteiger partial charge in [0.05, 0.1) is 0 Å². The van der Waals surface area contributed by atoms with Gasteiger partial charge in [-0.3, -0.25) is 9.48 Å². The average Bonchev–Trinajstić information content (AvgIpc) is 2.93. The molecule has 0 unspecified atom stereocenters. The minimum Gasteiger partial charge on any atom is -0.382 e. The maximum atomic E-state index is 12.2. The molecular weight excluding hydrogens is 254 g/mol. The zero-order valence-corrected chi connectivity index (χ0v) is 11.6. The number of aryl methyl sites for hydroxylation is 1. The highest BCUT2D eigenvalue weighted by Gasteiger charge is 2.18. The molecule has 6 heteroatoms. The van der Waals surface area contributed by atoms with E-state index in [1.807, 2.05) is 12.1 Å². The van der Waals surface area contributed by atoms with Crippen LogP contribution in [-0.4, -0.2) is 29.3 Å². The first-order chi connectivity index (χ1) is 9.54. The van der Waals surface area contributed by atoms with Crippen molar-refractivity contribution in [2.75, 3.05) is 29.5 Å². The molecule has 0 aliphatic carbocycles. The molecular formula is C14H17N5O. The number of hydrogen-bond acceptors (Lipinski definition) is 4. The average molecular weight is 271 g/mol. The molecule has 0 atom stereocenters. The molecule has 1 aromatic carbocycles. The fourth-order valence-corrected chi connectivity index (χ4v) is 2.50. The second-order valence-electron chi connectivity index (χ2n) is 5.07. The van der Waals surface area contributed by atoms with Gasteiger partial charge in [0, 0.05) is 38.2 Å². The monoisotopic (exact) mass is 271 g/mol. The molecule has 1 aliphatic rings. The third kappa shape index (κ3) is 2.09. The number of nitrogens with one attached hydrogen (secondary N) is 1. The first-order valence-corrected chi connectivity index (χ1v) is 6.49. The van der Waals surface area contributed by atoms with Crippen LogP contribution in [0.4, 0.5) is 17.2 Å². The molecule has 6 nitrogen and oxygen atoms in total. The van der Waals surface area contributed by atoms with Crippen molar-refractivity contribution >= 4 is 23.1 Å². The van der Waals surface area contributed by atoms with Crippen molar-refractivity contribution in [1.82, 2.24) is 9.78 Å². The summed E-state index contributed by atoms with van der Waals surface area (Å²) in [6.45, 7) is 1.02. The van der Waals surface area contributed by atoms with Crippen LogP contribution in [0, 0.1) is 0 Å². The summed E-state index contributed by atoms with van der Waals surface area (Å²) < 4.78 is 1.53. The number of benzene rings is 1. The van der Waals surface area contributed by atoms with E-state index in [2.05, 4.69) is 28.4 Å². The summed E-state index contributed by atoms with van der Waals surface area (Å²) >= 11 is 0. The Kier molecular flexibility index (Phi) is 2.85. The SMILES string of the molecule is CN1CCc2ccc(NC(=O)c3cn(C)nc3N)cc21. The molecule has 0 saturated carbocycles. The molecule has 3 N–H and O–H groups in total. The Morgan fingerprint density at radius 3 is 2.90 bits per heavy atom. The van der Waals surface area contributed by atoms with E-state index in [1.165, 1.54) is 15.9 Å². The van der Waals surface area contributed by atoms with Gasteiger partial charge in [0.2, 0.25) is 0 Å². The van der Waals surface area contributed by atoms with Gasteiger partial charge in [-0.15, -0.1) is 0 Å². The maximum Gasteiger partial charge on any atom is 0.261 e. The second-order valence-corrected chi connectivity index (χ2v) is 5.07. The summed E-state index contributed by atoms with van der Waals surface area (Å²) in [6, 6.07) is 5.97. The van der Waals surface area contributed by atoms with Crippen LogP contribution in [0.5, 0.6) is 0 Å². The van der Waals surface area contributed by atoms with Gasteiger partial charge in [-0.25, -0.2) is 0 Å². The Balaban J connectivity index is 1.83. The number of hydrogen-bond donors (Lipinski definition) is 2. The van der Waals surface area contributed by atoms with Gasteiger partial charge >= 0.3 is 0 Å². The number of nitrogens with zero attached hydrogens (tertiary/aromatic N) is 3. The van der Waals surface area contributed by atoms with Gasteiger partial charge < -0.3 is 16.0 Å². The lowest BCUT2D eigenvalue weighted by molar-refractivity contribution is 0.102. The summed E-state index contributed by atoms with van der Waals surface area (Å²) in [5.41, 5.74) is 9.35. The van der Waals surface area contributed by atoms with Crippen LogP contribution in [0.25, 0.3) is 0 Å². The van der Waals surface area contributed by atoms with Crippen LogP contribution >= 0.6 is 0 Å². The first-order valence-electron chi connectivity index (χ1n) is 6.49. The molecule has 2 heterocycles. The number of nitrogens with two attached hydrogens (primary N) is 1. The summed E-state index contributed by atoms with van der Waals surface area (Å²) in [5, 5.41) is 6.83. The van der Waals surface area contributed by atoms with Gasteiger partial charge in [-0.1, -0.05) is 6.07 Å². The van der Waals surface area contributed by atoms with Crippen LogP contribution < -0.4 is 16.0 Å². The molecule has 3 rings (SSSR count). The van der Waals surface area contributed by atoms with E-state index in [4.69, 9.17) is 5.73 Å². The lowest BCUT2D eigenvalue weighted by Crippen LogP contribution is -2.14. The third-order valence-corrected chi connectivity index (χ3v) is 3.57. The topological polar surface area (TPSA) is 76.2 Å². The normalized spacial score (nSPS) is 13.4. The number of rotatable bonds is 2. The van der Waals surface area contributed by atoms with E-state index >= 15 is 0 Å². The summed E-state index contributed by atoms with van der Waals surface area (Å²) in [5.74, 6) is -0.000483. The zero-order valence-electron chi connectivity index (χ0n) is 11.6. The van der Waals surface area contributed by atoms with Gasteiger partial charge in [0.15, 0.2) is 5.82 Å². The summed E-state index contributed by atoms with van der Waals surface area (Å²) in [6.07, 6.45) is 2.67. The number of carbonyl (C=O) groups is 1. The molecule has 104 valence electrons. The van der Waals surface area contributed by atoms with Gasteiger partial charge in [0.1, 0.15) is 5.56 Å². The summed E-state index contributed by atoms with van der Waals surface area (Å²) in [4.78, 5) is 14.4. The molecule has 2 aromatic rings. The van der Waals surface area contributed by atoms with Crippen molar-refractivity contribution < 1.29 is 4.79 Å². The fraction of sp³-hybridized carbons (Fsp3) is 0.286. The molecule has 1 aliphatic heterocycles. The number of likely N-dealkylation sites (N-methyl/N-ethyl adjacent to an activating group) is 1. The first kappa shape index (κ1) is 12.5. The van der Waals surface area contributed by atoms with E-state index in [1.54, 1.807) is 13.2 Å². The number of fused-ring (bicyclic) bond motifs is 1. The van der Waals surface area contributed by atoms with E-state index < -0.39 is 0 Å². The number of carbonyl (C=O) groups excluding carboxylic acids is 1. The fourth-order valence-electron chi connectivity index (χ4n) is 2.50.